The van der Waals surface area contributed by atoms with Gasteiger partial charge in [-0.15, -0.1) is 16.4 Å². The monoisotopic (exact) mass is 257 g/mol. The molecular weight excluding hydrogens is 246 g/mol. The van der Waals surface area contributed by atoms with E-state index in [1.807, 2.05) is 5.38 Å². The third-order valence-electron chi connectivity index (χ3n) is 1.81. The van der Waals surface area contributed by atoms with Crippen LogP contribution < -0.4 is 0 Å². The zero-order valence-corrected chi connectivity index (χ0v) is 10.4. The molecule has 6 nitrogen and oxygen atoms in total. The van der Waals surface area contributed by atoms with E-state index < -0.39 is 0 Å². The topological polar surface area (TPSA) is 65.7 Å². The molecule has 0 amide bonds. The summed E-state index contributed by atoms with van der Waals surface area (Å²) in [5, 5.41) is 14.2. The highest BCUT2D eigenvalue weighted by molar-refractivity contribution is 8.00. The van der Waals surface area contributed by atoms with Crippen molar-refractivity contribution >= 4 is 23.1 Å². The quantitative estimate of drug-likeness (QED) is 0.727. The molecule has 0 N–H and O–H groups in total. The molecule has 2 rings (SSSR count). The lowest BCUT2D eigenvalue weighted by Crippen LogP contribution is -2.04. The number of aromatic nitrogens is 5. The SMILES string of the molecule is COCCCn1nnnc1Sc1nccs1. The molecule has 0 saturated heterocycles. The van der Waals surface area contributed by atoms with Gasteiger partial charge in [0.05, 0.1) is 0 Å². The van der Waals surface area contributed by atoms with Gasteiger partial charge in [-0.25, -0.2) is 9.67 Å². The fourth-order valence-electron chi connectivity index (χ4n) is 1.11. The zero-order chi connectivity index (χ0) is 11.2. The number of methoxy groups -OCH3 is 1. The largest absolute Gasteiger partial charge is 0.385 e. The van der Waals surface area contributed by atoms with E-state index in [0.717, 1.165) is 22.5 Å². The molecule has 0 aliphatic heterocycles. The maximum atomic E-state index is 4.99. The number of aryl methyl sites for hydroxylation is 1. The van der Waals surface area contributed by atoms with Gasteiger partial charge in [-0.05, 0) is 28.6 Å². The van der Waals surface area contributed by atoms with Crippen molar-refractivity contribution in [2.75, 3.05) is 13.7 Å². The first-order chi connectivity index (χ1) is 7.90. The van der Waals surface area contributed by atoms with Gasteiger partial charge in [-0.1, -0.05) is 0 Å². The summed E-state index contributed by atoms with van der Waals surface area (Å²) in [5.41, 5.74) is 0. The molecule has 2 aromatic heterocycles. The Labute approximate surface area is 101 Å². The van der Waals surface area contributed by atoms with E-state index in [2.05, 4.69) is 20.5 Å². The lowest BCUT2D eigenvalue weighted by molar-refractivity contribution is 0.187. The van der Waals surface area contributed by atoms with Gasteiger partial charge >= 0.3 is 0 Å². The van der Waals surface area contributed by atoms with E-state index in [-0.39, 0.29) is 0 Å². The first kappa shape index (κ1) is 11.5. The normalized spacial score (nSPS) is 10.8. The van der Waals surface area contributed by atoms with Crippen LogP contribution >= 0.6 is 23.1 Å². The molecular formula is C8H11N5OS2. The van der Waals surface area contributed by atoms with Gasteiger partial charge in [-0.3, -0.25) is 0 Å². The Balaban J connectivity index is 1.96. The van der Waals surface area contributed by atoms with Gasteiger partial charge in [0, 0.05) is 31.8 Å². The summed E-state index contributed by atoms with van der Waals surface area (Å²) in [6, 6.07) is 0. The van der Waals surface area contributed by atoms with E-state index in [1.165, 1.54) is 11.8 Å². The van der Waals surface area contributed by atoms with Crippen molar-refractivity contribution in [2.45, 2.75) is 22.5 Å². The molecule has 2 aromatic rings. The first-order valence-electron chi connectivity index (χ1n) is 4.72. The second-order valence-electron chi connectivity index (χ2n) is 2.93. The van der Waals surface area contributed by atoms with Gasteiger partial charge in [0.2, 0.25) is 5.16 Å². The molecule has 2 heterocycles. The highest BCUT2D eigenvalue weighted by atomic mass is 32.2. The molecule has 8 heteroatoms. The number of tetrazole rings is 1. The molecule has 0 fully saturated rings. The summed E-state index contributed by atoms with van der Waals surface area (Å²) in [6.45, 7) is 1.47. The number of thiazole rings is 1. The third kappa shape index (κ3) is 3.00. The third-order valence-corrected chi connectivity index (χ3v) is 3.66. The van der Waals surface area contributed by atoms with Crippen molar-refractivity contribution in [3.8, 4) is 0 Å². The predicted octanol–water partition coefficient (Wildman–Crippen LogP) is 1.32. The number of rotatable bonds is 6. The maximum absolute atomic E-state index is 4.99. The van der Waals surface area contributed by atoms with Crippen molar-refractivity contribution in [3.05, 3.63) is 11.6 Å². The van der Waals surface area contributed by atoms with E-state index in [4.69, 9.17) is 4.74 Å². The number of hydrogen-bond donors (Lipinski definition) is 0. The molecule has 0 unspecified atom stereocenters. The molecule has 0 aliphatic rings. The van der Waals surface area contributed by atoms with E-state index in [9.17, 15) is 0 Å². The minimum absolute atomic E-state index is 0.710. The standard InChI is InChI=1S/C8H11N5OS2/c1-14-5-2-4-13-7(10-11-12-13)16-8-9-3-6-15-8/h3,6H,2,4-5H2,1H3. The first-order valence-corrected chi connectivity index (χ1v) is 6.42. The van der Waals surface area contributed by atoms with Crippen molar-refractivity contribution in [1.29, 1.82) is 0 Å². The van der Waals surface area contributed by atoms with Crippen LogP contribution in [0.4, 0.5) is 0 Å². The smallest absolute Gasteiger partial charge is 0.216 e. The van der Waals surface area contributed by atoms with Gasteiger partial charge in [0.25, 0.3) is 0 Å². The second kappa shape index (κ2) is 5.92. The maximum Gasteiger partial charge on any atom is 0.216 e. The Bertz CT molecular complexity index is 416. The average Bonchev–Trinajstić information content (AvgIpc) is 2.92. The molecule has 0 atom stereocenters. The summed E-state index contributed by atoms with van der Waals surface area (Å²) < 4.78 is 7.70. The van der Waals surface area contributed by atoms with Crippen molar-refractivity contribution in [2.24, 2.45) is 0 Å². The Morgan fingerprint density at radius 3 is 3.25 bits per heavy atom. The molecule has 0 saturated carbocycles. The molecule has 86 valence electrons. The highest BCUT2D eigenvalue weighted by Gasteiger charge is 2.09. The van der Waals surface area contributed by atoms with Crippen LogP contribution in [0.15, 0.2) is 21.1 Å². The fourth-order valence-corrected chi connectivity index (χ4v) is 2.63. The van der Waals surface area contributed by atoms with E-state index in [0.29, 0.717) is 6.61 Å². The summed E-state index contributed by atoms with van der Waals surface area (Å²) in [5.74, 6) is 0. The van der Waals surface area contributed by atoms with Crippen LogP contribution in [0.3, 0.4) is 0 Å². The summed E-state index contributed by atoms with van der Waals surface area (Å²) in [7, 11) is 1.69. The van der Waals surface area contributed by atoms with Crippen molar-refractivity contribution in [3.63, 3.8) is 0 Å². The molecule has 0 bridgehead atoms. The van der Waals surface area contributed by atoms with Crippen LogP contribution in [0.25, 0.3) is 0 Å². The van der Waals surface area contributed by atoms with Gasteiger partial charge in [0.15, 0.2) is 4.34 Å². The van der Waals surface area contributed by atoms with Crippen LogP contribution in [0.1, 0.15) is 6.42 Å². The number of ether oxygens (including phenoxy) is 1. The number of hydrogen-bond acceptors (Lipinski definition) is 7. The van der Waals surface area contributed by atoms with E-state index >= 15 is 0 Å². The minimum Gasteiger partial charge on any atom is -0.385 e. The minimum atomic E-state index is 0.710. The van der Waals surface area contributed by atoms with Crippen LogP contribution in [0, 0.1) is 0 Å². The van der Waals surface area contributed by atoms with Crippen LogP contribution in [-0.4, -0.2) is 38.9 Å². The zero-order valence-electron chi connectivity index (χ0n) is 8.74. The van der Waals surface area contributed by atoms with Crippen LogP contribution in [0.5, 0.6) is 0 Å². The summed E-state index contributed by atoms with van der Waals surface area (Å²) in [6.07, 6.45) is 2.67. The molecule has 0 aliphatic carbocycles. The lowest BCUT2D eigenvalue weighted by Gasteiger charge is -2.01. The number of nitrogens with zero attached hydrogens (tertiary/aromatic N) is 5. The second-order valence-corrected chi connectivity index (χ2v) is 5.04. The van der Waals surface area contributed by atoms with Gasteiger partial charge < -0.3 is 4.74 Å². The fraction of sp³-hybridized carbons (Fsp3) is 0.500. The average molecular weight is 257 g/mol. The van der Waals surface area contributed by atoms with Crippen molar-refractivity contribution < 1.29 is 4.74 Å². The molecule has 0 radical (unpaired) electrons. The Morgan fingerprint density at radius 1 is 1.56 bits per heavy atom. The molecule has 0 aromatic carbocycles. The van der Waals surface area contributed by atoms with Gasteiger partial charge in [0.1, 0.15) is 0 Å². The summed E-state index contributed by atoms with van der Waals surface area (Å²) >= 11 is 3.06. The van der Waals surface area contributed by atoms with Crippen molar-refractivity contribution in [1.82, 2.24) is 25.2 Å². The van der Waals surface area contributed by atoms with Crippen LogP contribution in [-0.2, 0) is 11.3 Å². The Morgan fingerprint density at radius 2 is 2.50 bits per heavy atom. The summed E-state index contributed by atoms with van der Waals surface area (Å²) in [4.78, 5) is 4.18. The van der Waals surface area contributed by atoms with Gasteiger partial charge in [-0.2, -0.15) is 0 Å². The molecule has 16 heavy (non-hydrogen) atoms. The highest BCUT2D eigenvalue weighted by Crippen LogP contribution is 2.26. The lowest BCUT2D eigenvalue weighted by atomic mass is 10.5. The van der Waals surface area contributed by atoms with E-state index in [1.54, 1.807) is 29.3 Å². The Hall–Kier alpha value is -0.990. The Kier molecular flexibility index (Phi) is 4.25. The predicted molar refractivity (Wildman–Crippen MR) is 60.5 cm³/mol. The molecule has 0 spiro atoms. The van der Waals surface area contributed by atoms with Crippen LogP contribution in [0.2, 0.25) is 0 Å².